The van der Waals surface area contributed by atoms with Gasteiger partial charge in [-0.15, -0.1) is 0 Å². The van der Waals surface area contributed by atoms with Crippen LogP contribution in [-0.2, 0) is 4.79 Å². The molecule has 166 valence electrons. The zero-order valence-electron chi connectivity index (χ0n) is 17.6. The van der Waals surface area contributed by atoms with Crippen LogP contribution in [0.4, 0.5) is 8.78 Å². The lowest BCUT2D eigenvalue weighted by atomic mass is 10.1. The molecular weight excluding hydrogens is 408 g/mol. The van der Waals surface area contributed by atoms with Gasteiger partial charge in [-0.1, -0.05) is 12.1 Å². The number of hydrogen-bond acceptors (Lipinski definition) is 5. The van der Waals surface area contributed by atoms with Crippen molar-refractivity contribution in [3.8, 4) is 17.2 Å². The van der Waals surface area contributed by atoms with Crippen molar-refractivity contribution in [2.45, 2.75) is 20.5 Å². The van der Waals surface area contributed by atoms with Crippen molar-refractivity contribution in [3.63, 3.8) is 0 Å². The summed E-state index contributed by atoms with van der Waals surface area (Å²) < 4.78 is 39.7. The van der Waals surface area contributed by atoms with Crippen molar-refractivity contribution >= 4 is 17.8 Å². The lowest BCUT2D eigenvalue weighted by Crippen LogP contribution is -2.34. The lowest BCUT2D eigenvalue weighted by molar-refractivity contribution is -0.132. The van der Waals surface area contributed by atoms with Crippen LogP contribution in [0.25, 0.3) is 6.08 Å². The molecule has 0 atom stereocenters. The molecule has 0 spiro atoms. The zero-order valence-corrected chi connectivity index (χ0v) is 17.6. The van der Waals surface area contributed by atoms with Crippen LogP contribution in [0.2, 0.25) is 0 Å². The van der Waals surface area contributed by atoms with Gasteiger partial charge in [-0.3, -0.25) is 9.59 Å². The normalized spacial score (nSPS) is 10.9. The second kappa shape index (κ2) is 11.7. The number of carbonyl (C=O) groups excluding carboxylic acids is 2. The van der Waals surface area contributed by atoms with Gasteiger partial charge in [0.1, 0.15) is 5.75 Å². The summed E-state index contributed by atoms with van der Waals surface area (Å²) in [7, 11) is 1.34. The maximum absolute atomic E-state index is 12.4. The van der Waals surface area contributed by atoms with Gasteiger partial charge in [-0.2, -0.15) is 8.78 Å². The number of ketones is 1. The van der Waals surface area contributed by atoms with E-state index in [1.165, 1.54) is 31.4 Å². The second-order valence-corrected chi connectivity index (χ2v) is 6.37. The average Bonchev–Trinajstić information content (AvgIpc) is 2.77. The summed E-state index contributed by atoms with van der Waals surface area (Å²) in [4.78, 5) is 26.0. The first kappa shape index (κ1) is 23.9. The fraction of sp³-hybridized carbons (Fsp3) is 0.304. The standard InChI is InChI=1S/C23H25F2NO5/c1-4-26(5-2)22(28)15-30-18-10-8-17(9-11-18)19(27)12-6-16-7-13-20(31-23(24)25)21(14-16)29-3/h6-14,23H,4-5,15H2,1-3H3/b12-6+. The summed E-state index contributed by atoms with van der Waals surface area (Å²) in [5.41, 5.74) is 1.02. The van der Waals surface area contributed by atoms with E-state index in [9.17, 15) is 18.4 Å². The zero-order chi connectivity index (χ0) is 22.8. The van der Waals surface area contributed by atoms with Gasteiger partial charge < -0.3 is 19.1 Å². The topological polar surface area (TPSA) is 65.1 Å². The maximum atomic E-state index is 12.4. The fourth-order valence-corrected chi connectivity index (χ4v) is 2.78. The van der Waals surface area contributed by atoms with E-state index in [1.807, 2.05) is 13.8 Å². The summed E-state index contributed by atoms with van der Waals surface area (Å²) in [5.74, 6) is 0.179. The minimum absolute atomic E-state index is 0.0675. The summed E-state index contributed by atoms with van der Waals surface area (Å²) in [6, 6.07) is 10.8. The predicted molar refractivity (Wildman–Crippen MR) is 113 cm³/mol. The van der Waals surface area contributed by atoms with Crippen molar-refractivity contribution in [2.75, 3.05) is 26.8 Å². The van der Waals surface area contributed by atoms with Crippen LogP contribution in [0.5, 0.6) is 17.2 Å². The fourth-order valence-electron chi connectivity index (χ4n) is 2.78. The highest BCUT2D eigenvalue weighted by Crippen LogP contribution is 2.30. The molecule has 0 saturated heterocycles. The Balaban J connectivity index is 1.99. The van der Waals surface area contributed by atoms with E-state index in [-0.39, 0.29) is 29.8 Å². The predicted octanol–water partition coefficient (Wildman–Crippen LogP) is 4.44. The van der Waals surface area contributed by atoms with Crippen molar-refractivity contribution in [3.05, 3.63) is 59.7 Å². The third kappa shape index (κ3) is 7.09. The first-order valence-corrected chi connectivity index (χ1v) is 9.73. The Morgan fingerprint density at radius 3 is 2.29 bits per heavy atom. The number of nitrogens with zero attached hydrogens (tertiary/aromatic N) is 1. The van der Waals surface area contributed by atoms with E-state index in [2.05, 4.69) is 4.74 Å². The SMILES string of the molecule is CCN(CC)C(=O)COc1ccc(C(=O)/C=C/c2ccc(OC(F)F)c(OC)c2)cc1. The van der Waals surface area contributed by atoms with Crippen LogP contribution in [0.3, 0.4) is 0 Å². The Bertz CT molecular complexity index is 909. The number of ether oxygens (including phenoxy) is 3. The van der Waals surface area contributed by atoms with E-state index >= 15 is 0 Å². The molecular formula is C23H25F2NO5. The molecule has 0 aliphatic rings. The van der Waals surface area contributed by atoms with Crippen molar-refractivity contribution in [2.24, 2.45) is 0 Å². The van der Waals surface area contributed by atoms with Gasteiger partial charge in [0.25, 0.3) is 5.91 Å². The number of likely N-dealkylation sites (N-methyl/N-ethyl adjacent to an activating group) is 1. The minimum Gasteiger partial charge on any atom is -0.493 e. The number of methoxy groups -OCH3 is 1. The molecule has 2 aromatic carbocycles. The van der Waals surface area contributed by atoms with Gasteiger partial charge in [-0.05, 0) is 61.9 Å². The van der Waals surface area contributed by atoms with Crippen LogP contribution in [0.1, 0.15) is 29.8 Å². The summed E-state index contributed by atoms with van der Waals surface area (Å²) in [6.07, 6.45) is 2.91. The van der Waals surface area contributed by atoms with Crippen LogP contribution >= 0.6 is 0 Å². The van der Waals surface area contributed by atoms with Gasteiger partial charge in [0.2, 0.25) is 0 Å². The Kier molecular flexibility index (Phi) is 8.99. The molecule has 2 rings (SSSR count). The van der Waals surface area contributed by atoms with Crippen molar-refractivity contribution < 1.29 is 32.6 Å². The highest BCUT2D eigenvalue weighted by atomic mass is 19.3. The molecule has 6 nitrogen and oxygen atoms in total. The molecule has 0 saturated carbocycles. The van der Waals surface area contributed by atoms with E-state index in [1.54, 1.807) is 35.2 Å². The molecule has 0 fully saturated rings. The summed E-state index contributed by atoms with van der Waals surface area (Å²) in [5, 5.41) is 0. The van der Waals surface area contributed by atoms with Crippen LogP contribution in [-0.4, -0.2) is 50.0 Å². The first-order chi connectivity index (χ1) is 14.9. The van der Waals surface area contributed by atoms with Gasteiger partial charge in [0, 0.05) is 18.7 Å². The molecule has 0 aromatic heterocycles. The third-order valence-electron chi connectivity index (χ3n) is 4.45. The molecule has 0 bridgehead atoms. The van der Waals surface area contributed by atoms with Crippen LogP contribution < -0.4 is 14.2 Å². The first-order valence-electron chi connectivity index (χ1n) is 9.73. The highest BCUT2D eigenvalue weighted by molar-refractivity contribution is 6.06. The number of carbonyl (C=O) groups is 2. The number of allylic oxidation sites excluding steroid dienone is 1. The van der Waals surface area contributed by atoms with Gasteiger partial charge >= 0.3 is 6.61 Å². The minimum atomic E-state index is -2.96. The monoisotopic (exact) mass is 433 g/mol. The van der Waals surface area contributed by atoms with E-state index in [0.717, 1.165) is 0 Å². The van der Waals surface area contributed by atoms with Crippen molar-refractivity contribution in [1.82, 2.24) is 4.90 Å². The van der Waals surface area contributed by atoms with E-state index in [0.29, 0.717) is 30.0 Å². The van der Waals surface area contributed by atoms with Crippen LogP contribution in [0, 0.1) is 0 Å². The molecule has 31 heavy (non-hydrogen) atoms. The molecule has 0 radical (unpaired) electrons. The number of hydrogen-bond donors (Lipinski definition) is 0. The number of halogens is 2. The average molecular weight is 433 g/mol. The van der Waals surface area contributed by atoms with Crippen LogP contribution in [0.15, 0.2) is 48.5 Å². The third-order valence-corrected chi connectivity index (χ3v) is 4.45. The smallest absolute Gasteiger partial charge is 0.387 e. The summed E-state index contributed by atoms with van der Waals surface area (Å²) >= 11 is 0. The molecule has 8 heteroatoms. The number of alkyl halides is 2. The van der Waals surface area contributed by atoms with Gasteiger partial charge in [0.05, 0.1) is 7.11 Å². The Morgan fingerprint density at radius 1 is 1.03 bits per heavy atom. The number of benzene rings is 2. The highest BCUT2D eigenvalue weighted by Gasteiger charge is 2.12. The Labute approximate surface area is 180 Å². The van der Waals surface area contributed by atoms with Gasteiger partial charge in [0.15, 0.2) is 23.9 Å². The quantitative estimate of drug-likeness (QED) is 0.387. The molecule has 0 aliphatic heterocycles. The lowest BCUT2D eigenvalue weighted by Gasteiger charge is -2.18. The van der Waals surface area contributed by atoms with Crippen molar-refractivity contribution in [1.29, 1.82) is 0 Å². The second-order valence-electron chi connectivity index (χ2n) is 6.37. The van der Waals surface area contributed by atoms with E-state index in [4.69, 9.17) is 9.47 Å². The van der Waals surface area contributed by atoms with Gasteiger partial charge in [-0.25, -0.2) is 0 Å². The van der Waals surface area contributed by atoms with E-state index < -0.39 is 6.61 Å². The molecule has 0 heterocycles. The molecule has 1 amide bonds. The number of amides is 1. The molecule has 2 aromatic rings. The Morgan fingerprint density at radius 2 is 1.71 bits per heavy atom. The molecule has 0 aliphatic carbocycles. The summed E-state index contributed by atoms with van der Waals surface area (Å²) in [6.45, 7) is 2.01. The number of rotatable bonds is 11. The molecule has 0 N–H and O–H groups in total. The maximum Gasteiger partial charge on any atom is 0.387 e. The largest absolute Gasteiger partial charge is 0.493 e. The molecule has 0 unspecified atom stereocenters. The Hall–Kier alpha value is -3.42.